The number of amides is 1. The molecule has 3 rings (SSSR count). The molecule has 10 heteroatoms. The van der Waals surface area contributed by atoms with E-state index in [0.717, 1.165) is 24.2 Å². The third kappa shape index (κ3) is 3.26. The molecule has 0 bridgehead atoms. The van der Waals surface area contributed by atoms with Gasteiger partial charge in [-0.05, 0) is 18.4 Å². The second-order valence-corrected chi connectivity index (χ2v) is 6.63. The summed E-state index contributed by atoms with van der Waals surface area (Å²) in [5, 5.41) is 4.04. The maximum absolute atomic E-state index is 13.0. The van der Waals surface area contributed by atoms with Gasteiger partial charge in [-0.15, -0.1) is 0 Å². The van der Waals surface area contributed by atoms with Crippen LogP contribution >= 0.6 is 34.2 Å². The maximum Gasteiger partial charge on any atom is 0.250 e. The summed E-state index contributed by atoms with van der Waals surface area (Å²) in [7, 11) is 0. The van der Waals surface area contributed by atoms with Gasteiger partial charge in [0.2, 0.25) is 0 Å². The van der Waals surface area contributed by atoms with Crippen LogP contribution in [-0.2, 0) is 9.53 Å². The smallest absolute Gasteiger partial charge is 0.250 e. The largest absolute Gasteiger partial charge is 0.381 e. The fourth-order valence-electron chi connectivity index (χ4n) is 3.23. The number of carbonyl (C=O) groups excluding carboxylic acids is 1. The Labute approximate surface area is 157 Å². The molecule has 1 fully saturated rings. The van der Waals surface area contributed by atoms with Crippen molar-refractivity contribution >= 4 is 51.5 Å². The Kier molecular flexibility index (Phi) is 5.65. The minimum absolute atomic E-state index is 0.0826. The number of rotatable bonds is 4. The van der Waals surface area contributed by atoms with E-state index in [9.17, 15) is 4.79 Å². The fourth-order valence-corrected chi connectivity index (χ4v) is 4.09. The van der Waals surface area contributed by atoms with Crippen molar-refractivity contribution in [3.05, 3.63) is 27.9 Å². The minimum atomic E-state index is -0.537. The molecule has 1 aromatic rings. The van der Waals surface area contributed by atoms with Crippen LogP contribution in [0.4, 0.5) is 11.4 Å². The molecular formula is C14H16ClIN6O2. The molecule has 1 atom stereocenters. The highest BCUT2D eigenvalue weighted by Gasteiger charge is 2.41. The normalized spacial score (nSPS) is 21.4. The number of halogens is 2. The van der Waals surface area contributed by atoms with Crippen LogP contribution in [0.3, 0.4) is 0 Å². The number of carbonyl (C=O) groups is 1. The lowest BCUT2D eigenvalue weighted by molar-refractivity contribution is -0.120. The standard InChI is InChI=1S/C14H16ClIN6O2/c15-13-5-10-11(6-18-13)21(8-16)14(23)12(7-19-20-17)22(10)9-1-3-24-4-2-9/h5-6,9,12H,1-4,7-8H2. The summed E-state index contributed by atoms with van der Waals surface area (Å²) in [6, 6.07) is 1.38. The number of aromatic nitrogens is 1. The van der Waals surface area contributed by atoms with Crippen LogP contribution in [-0.4, -0.2) is 47.3 Å². The molecule has 0 radical (unpaired) electrons. The number of fused-ring (bicyclic) bond motifs is 1. The molecule has 2 aliphatic rings. The molecule has 1 aromatic heterocycles. The molecule has 1 unspecified atom stereocenters. The molecule has 0 aliphatic carbocycles. The lowest BCUT2D eigenvalue weighted by Crippen LogP contribution is -2.58. The van der Waals surface area contributed by atoms with Crippen LogP contribution in [0, 0.1) is 0 Å². The lowest BCUT2D eigenvalue weighted by atomic mass is 9.99. The van der Waals surface area contributed by atoms with Crippen LogP contribution in [0.25, 0.3) is 10.4 Å². The number of hydrogen-bond donors (Lipinski definition) is 0. The van der Waals surface area contributed by atoms with Gasteiger partial charge in [0.05, 0.1) is 28.7 Å². The van der Waals surface area contributed by atoms with Gasteiger partial charge in [0.25, 0.3) is 5.91 Å². The summed E-state index contributed by atoms with van der Waals surface area (Å²) in [6.07, 6.45) is 3.25. The molecule has 0 saturated carbocycles. The van der Waals surface area contributed by atoms with Crippen molar-refractivity contribution < 1.29 is 9.53 Å². The minimum Gasteiger partial charge on any atom is -0.381 e. The highest BCUT2D eigenvalue weighted by Crippen LogP contribution is 2.40. The van der Waals surface area contributed by atoms with E-state index in [1.54, 1.807) is 17.2 Å². The zero-order chi connectivity index (χ0) is 17.1. The SMILES string of the molecule is [N-]=[N+]=NCC1C(=O)N(CI)c2cnc(Cl)cc2N1C1CCOCC1. The van der Waals surface area contributed by atoms with Crippen molar-refractivity contribution in [2.24, 2.45) is 5.11 Å². The first-order valence-corrected chi connectivity index (χ1v) is 9.47. The van der Waals surface area contributed by atoms with Gasteiger partial charge in [0.15, 0.2) is 0 Å². The number of nitrogens with zero attached hydrogens (tertiary/aromatic N) is 6. The van der Waals surface area contributed by atoms with E-state index >= 15 is 0 Å². The Hall–Kier alpha value is -1.29. The van der Waals surface area contributed by atoms with Crippen LogP contribution < -0.4 is 9.80 Å². The van der Waals surface area contributed by atoms with E-state index < -0.39 is 6.04 Å². The quantitative estimate of drug-likeness (QED) is 0.131. The third-order valence-electron chi connectivity index (χ3n) is 4.31. The molecule has 128 valence electrons. The van der Waals surface area contributed by atoms with Crippen molar-refractivity contribution in [2.45, 2.75) is 24.9 Å². The highest BCUT2D eigenvalue weighted by molar-refractivity contribution is 14.1. The first kappa shape index (κ1) is 17.5. The van der Waals surface area contributed by atoms with Gasteiger partial charge in [-0.25, -0.2) is 4.98 Å². The third-order valence-corrected chi connectivity index (χ3v) is 5.19. The second-order valence-electron chi connectivity index (χ2n) is 5.56. The van der Waals surface area contributed by atoms with Crippen LogP contribution in [0.2, 0.25) is 5.15 Å². The van der Waals surface area contributed by atoms with Crippen molar-refractivity contribution in [3.8, 4) is 0 Å². The topological polar surface area (TPSA) is 94.4 Å². The van der Waals surface area contributed by atoms with E-state index in [2.05, 4.69) is 37.6 Å². The highest BCUT2D eigenvalue weighted by atomic mass is 127. The Morgan fingerprint density at radius 2 is 2.21 bits per heavy atom. The Morgan fingerprint density at radius 1 is 1.46 bits per heavy atom. The van der Waals surface area contributed by atoms with Gasteiger partial charge in [0.1, 0.15) is 11.2 Å². The summed E-state index contributed by atoms with van der Waals surface area (Å²) in [6.45, 7) is 1.38. The Morgan fingerprint density at radius 3 is 2.88 bits per heavy atom. The molecular weight excluding hydrogens is 447 g/mol. The molecule has 3 heterocycles. The van der Waals surface area contributed by atoms with Crippen molar-refractivity contribution in [1.82, 2.24) is 4.98 Å². The average Bonchev–Trinajstić information content (AvgIpc) is 2.60. The molecule has 1 saturated heterocycles. The predicted octanol–water partition coefficient (Wildman–Crippen LogP) is 3.14. The van der Waals surface area contributed by atoms with Crippen molar-refractivity contribution in [1.29, 1.82) is 0 Å². The van der Waals surface area contributed by atoms with Crippen molar-refractivity contribution in [3.63, 3.8) is 0 Å². The number of ether oxygens (including phenoxy) is 1. The molecule has 0 N–H and O–H groups in total. The van der Waals surface area contributed by atoms with Crippen LogP contribution in [0.5, 0.6) is 0 Å². The Balaban J connectivity index is 2.09. The van der Waals surface area contributed by atoms with E-state index in [0.29, 0.717) is 22.9 Å². The van der Waals surface area contributed by atoms with Crippen LogP contribution in [0.15, 0.2) is 17.4 Å². The number of anilines is 2. The van der Waals surface area contributed by atoms with Crippen molar-refractivity contribution in [2.75, 3.05) is 34.1 Å². The number of azide groups is 1. The molecule has 0 spiro atoms. The van der Waals surface area contributed by atoms with E-state index in [-0.39, 0.29) is 18.5 Å². The molecule has 0 aromatic carbocycles. The zero-order valence-electron chi connectivity index (χ0n) is 12.8. The molecule has 8 nitrogen and oxygen atoms in total. The summed E-state index contributed by atoms with van der Waals surface area (Å²) in [4.78, 5) is 23.6. The number of hydrogen-bond acceptors (Lipinski definition) is 5. The van der Waals surface area contributed by atoms with Gasteiger partial charge in [-0.2, -0.15) is 0 Å². The summed E-state index contributed by atoms with van der Waals surface area (Å²) in [5.74, 6) is -0.0834. The average molecular weight is 463 g/mol. The van der Waals surface area contributed by atoms with Gasteiger partial charge in [-0.1, -0.05) is 39.3 Å². The van der Waals surface area contributed by atoms with E-state index in [1.807, 2.05) is 4.90 Å². The van der Waals surface area contributed by atoms with Gasteiger partial charge in [-0.3, -0.25) is 9.69 Å². The number of alkyl halides is 1. The fraction of sp³-hybridized carbons (Fsp3) is 0.571. The van der Waals surface area contributed by atoms with Gasteiger partial charge < -0.3 is 9.64 Å². The second kappa shape index (κ2) is 7.73. The maximum atomic E-state index is 13.0. The number of pyridine rings is 1. The first-order chi connectivity index (χ1) is 11.7. The van der Waals surface area contributed by atoms with Gasteiger partial charge >= 0.3 is 0 Å². The summed E-state index contributed by atoms with van der Waals surface area (Å²) in [5.41, 5.74) is 10.3. The van der Waals surface area contributed by atoms with Crippen LogP contribution in [0.1, 0.15) is 12.8 Å². The van der Waals surface area contributed by atoms with E-state index in [1.165, 1.54) is 0 Å². The zero-order valence-corrected chi connectivity index (χ0v) is 15.7. The van der Waals surface area contributed by atoms with E-state index in [4.69, 9.17) is 21.9 Å². The molecule has 1 amide bonds. The summed E-state index contributed by atoms with van der Waals surface area (Å²) >= 11 is 8.25. The first-order valence-electron chi connectivity index (χ1n) is 7.57. The Bertz CT molecular complexity index is 677. The monoisotopic (exact) mass is 462 g/mol. The summed E-state index contributed by atoms with van der Waals surface area (Å²) < 4.78 is 5.93. The molecule has 24 heavy (non-hydrogen) atoms. The van der Waals surface area contributed by atoms with Gasteiger partial charge in [0, 0.05) is 30.2 Å². The molecule has 2 aliphatic heterocycles. The lowest BCUT2D eigenvalue weighted by Gasteiger charge is -2.46. The predicted molar refractivity (Wildman–Crippen MR) is 99.7 cm³/mol.